The summed E-state index contributed by atoms with van der Waals surface area (Å²) in [6.45, 7) is 2.56. The lowest BCUT2D eigenvalue weighted by atomic mass is 10.2. The summed E-state index contributed by atoms with van der Waals surface area (Å²) >= 11 is 3.36. The van der Waals surface area contributed by atoms with Crippen molar-refractivity contribution in [3.63, 3.8) is 0 Å². The molecule has 0 radical (unpaired) electrons. The molecular formula is C15H14BrNO2. The summed E-state index contributed by atoms with van der Waals surface area (Å²) in [6.07, 6.45) is 0. The Labute approximate surface area is 120 Å². The minimum atomic E-state index is -0.142. The number of hydrogen-bond acceptors (Lipinski definition) is 2. The second-order valence-corrected chi connectivity index (χ2v) is 4.75. The van der Waals surface area contributed by atoms with E-state index in [0.29, 0.717) is 12.2 Å². The van der Waals surface area contributed by atoms with Crippen LogP contribution < -0.4 is 10.1 Å². The van der Waals surface area contributed by atoms with Crippen LogP contribution in [-0.2, 0) is 0 Å². The van der Waals surface area contributed by atoms with Gasteiger partial charge in [-0.3, -0.25) is 4.79 Å². The standard InChI is InChI=1S/C15H14BrNO2/c1-2-19-12-9-7-11(8-10-12)17-15(18)13-5-3-4-6-14(13)16/h3-10H,2H2,1H3,(H,17,18). The van der Waals surface area contributed by atoms with Crippen molar-refractivity contribution in [2.45, 2.75) is 6.92 Å². The van der Waals surface area contributed by atoms with Gasteiger partial charge in [-0.05, 0) is 59.3 Å². The molecule has 0 spiro atoms. The first-order chi connectivity index (χ1) is 9.20. The fraction of sp³-hybridized carbons (Fsp3) is 0.133. The van der Waals surface area contributed by atoms with Crippen molar-refractivity contribution in [2.75, 3.05) is 11.9 Å². The van der Waals surface area contributed by atoms with Crippen molar-refractivity contribution < 1.29 is 9.53 Å². The second kappa shape index (κ2) is 6.38. The van der Waals surface area contributed by atoms with E-state index in [-0.39, 0.29) is 5.91 Å². The number of carbonyl (C=O) groups is 1. The number of carbonyl (C=O) groups excluding carboxylic acids is 1. The van der Waals surface area contributed by atoms with E-state index in [4.69, 9.17) is 4.74 Å². The Hall–Kier alpha value is -1.81. The van der Waals surface area contributed by atoms with Crippen molar-refractivity contribution in [1.29, 1.82) is 0 Å². The molecule has 2 rings (SSSR count). The third-order valence-corrected chi connectivity index (χ3v) is 3.23. The summed E-state index contributed by atoms with van der Waals surface area (Å²) < 4.78 is 6.13. The third-order valence-electron chi connectivity index (χ3n) is 2.54. The molecule has 0 saturated heterocycles. The van der Waals surface area contributed by atoms with E-state index in [2.05, 4.69) is 21.2 Å². The zero-order valence-electron chi connectivity index (χ0n) is 10.5. The monoisotopic (exact) mass is 319 g/mol. The largest absolute Gasteiger partial charge is 0.494 e. The van der Waals surface area contributed by atoms with E-state index in [1.54, 1.807) is 6.07 Å². The van der Waals surface area contributed by atoms with Gasteiger partial charge in [0, 0.05) is 10.2 Å². The van der Waals surface area contributed by atoms with Gasteiger partial charge in [-0.25, -0.2) is 0 Å². The Morgan fingerprint density at radius 1 is 1.16 bits per heavy atom. The van der Waals surface area contributed by atoms with Gasteiger partial charge < -0.3 is 10.1 Å². The van der Waals surface area contributed by atoms with Gasteiger partial charge in [0.25, 0.3) is 5.91 Å². The lowest BCUT2D eigenvalue weighted by Crippen LogP contribution is -2.12. The summed E-state index contributed by atoms with van der Waals surface area (Å²) in [6, 6.07) is 14.6. The van der Waals surface area contributed by atoms with E-state index in [9.17, 15) is 4.79 Å². The molecule has 0 saturated carbocycles. The quantitative estimate of drug-likeness (QED) is 0.921. The zero-order chi connectivity index (χ0) is 13.7. The van der Waals surface area contributed by atoms with Crippen LogP contribution in [0.25, 0.3) is 0 Å². The van der Waals surface area contributed by atoms with E-state index in [1.165, 1.54) is 0 Å². The normalized spacial score (nSPS) is 10.0. The summed E-state index contributed by atoms with van der Waals surface area (Å²) in [5.41, 5.74) is 1.35. The number of halogens is 1. The van der Waals surface area contributed by atoms with Crippen LogP contribution in [0.5, 0.6) is 5.75 Å². The van der Waals surface area contributed by atoms with Crippen LogP contribution in [-0.4, -0.2) is 12.5 Å². The summed E-state index contributed by atoms with van der Waals surface area (Å²) in [4.78, 5) is 12.1. The van der Waals surface area contributed by atoms with Crippen molar-refractivity contribution in [3.8, 4) is 5.75 Å². The van der Waals surface area contributed by atoms with Gasteiger partial charge >= 0.3 is 0 Å². The topological polar surface area (TPSA) is 38.3 Å². The molecule has 0 bridgehead atoms. The van der Waals surface area contributed by atoms with Crippen LogP contribution in [0.4, 0.5) is 5.69 Å². The van der Waals surface area contributed by atoms with E-state index in [1.807, 2.05) is 49.4 Å². The molecule has 19 heavy (non-hydrogen) atoms. The average Bonchev–Trinajstić information content (AvgIpc) is 2.42. The lowest BCUT2D eigenvalue weighted by molar-refractivity contribution is 0.102. The van der Waals surface area contributed by atoms with Crippen LogP contribution in [0, 0.1) is 0 Å². The van der Waals surface area contributed by atoms with Gasteiger partial charge in [0.2, 0.25) is 0 Å². The molecule has 0 unspecified atom stereocenters. The molecule has 1 amide bonds. The molecule has 0 atom stereocenters. The van der Waals surface area contributed by atoms with Gasteiger partial charge in [-0.15, -0.1) is 0 Å². The highest BCUT2D eigenvalue weighted by Gasteiger charge is 2.09. The Bertz CT molecular complexity index is 567. The molecular weight excluding hydrogens is 306 g/mol. The van der Waals surface area contributed by atoms with E-state index >= 15 is 0 Å². The van der Waals surface area contributed by atoms with Crippen molar-refractivity contribution >= 4 is 27.5 Å². The number of benzene rings is 2. The maximum Gasteiger partial charge on any atom is 0.256 e. The molecule has 0 aliphatic carbocycles. The Balaban J connectivity index is 2.09. The molecule has 0 heterocycles. The second-order valence-electron chi connectivity index (χ2n) is 3.89. The summed E-state index contributed by atoms with van der Waals surface area (Å²) in [7, 11) is 0. The molecule has 0 fully saturated rings. The number of nitrogens with one attached hydrogen (secondary N) is 1. The van der Waals surface area contributed by atoms with E-state index < -0.39 is 0 Å². The summed E-state index contributed by atoms with van der Waals surface area (Å²) in [5.74, 6) is 0.651. The van der Waals surface area contributed by atoms with Gasteiger partial charge in [-0.1, -0.05) is 12.1 Å². The molecule has 0 aliphatic heterocycles. The molecule has 98 valence electrons. The number of rotatable bonds is 4. The maximum atomic E-state index is 12.1. The number of amides is 1. The number of ether oxygens (including phenoxy) is 1. The minimum absolute atomic E-state index is 0.142. The Kier molecular flexibility index (Phi) is 4.58. The van der Waals surface area contributed by atoms with Crippen LogP contribution in [0.3, 0.4) is 0 Å². The molecule has 1 N–H and O–H groups in total. The first kappa shape index (κ1) is 13.6. The molecule has 0 aromatic heterocycles. The average molecular weight is 320 g/mol. The fourth-order valence-corrected chi connectivity index (χ4v) is 2.11. The Morgan fingerprint density at radius 3 is 2.47 bits per heavy atom. The zero-order valence-corrected chi connectivity index (χ0v) is 12.1. The molecule has 4 heteroatoms. The van der Waals surface area contributed by atoms with E-state index in [0.717, 1.165) is 15.9 Å². The highest BCUT2D eigenvalue weighted by atomic mass is 79.9. The lowest BCUT2D eigenvalue weighted by Gasteiger charge is -2.08. The first-order valence-electron chi connectivity index (χ1n) is 5.99. The molecule has 3 nitrogen and oxygen atoms in total. The predicted molar refractivity (Wildman–Crippen MR) is 79.7 cm³/mol. The SMILES string of the molecule is CCOc1ccc(NC(=O)c2ccccc2Br)cc1. The first-order valence-corrected chi connectivity index (χ1v) is 6.78. The minimum Gasteiger partial charge on any atom is -0.494 e. The highest BCUT2D eigenvalue weighted by Crippen LogP contribution is 2.19. The van der Waals surface area contributed by atoms with Crippen molar-refractivity contribution in [3.05, 3.63) is 58.6 Å². The van der Waals surface area contributed by atoms with Gasteiger partial charge in [-0.2, -0.15) is 0 Å². The van der Waals surface area contributed by atoms with Crippen LogP contribution >= 0.6 is 15.9 Å². The third kappa shape index (κ3) is 3.58. The summed E-state index contributed by atoms with van der Waals surface area (Å²) in [5, 5.41) is 2.84. The number of hydrogen-bond donors (Lipinski definition) is 1. The smallest absolute Gasteiger partial charge is 0.256 e. The van der Waals surface area contributed by atoms with Crippen LogP contribution in [0.2, 0.25) is 0 Å². The van der Waals surface area contributed by atoms with Crippen molar-refractivity contribution in [2.24, 2.45) is 0 Å². The van der Waals surface area contributed by atoms with Crippen LogP contribution in [0.1, 0.15) is 17.3 Å². The maximum absolute atomic E-state index is 12.1. The van der Waals surface area contributed by atoms with Crippen molar-refractivity contribution in [1.82, 2.24) is 0 Å². The number of anilines is 1. The highest BCUT2D eigenvalue weighted by molar-refractivity contribution is 9.10. The predicted octanol–water partition coefficient (Wildman–Crippen LogP) is 4.10. The van der Waals surface area contributed by atoms with Gasteiger partial charge in [0.15, 0.2) is 0 Å². The molecule has 2 aromatic rings. The molecule has 2 aromatic carbocycles. The fourth-order valence-electron chi connectivity index (χ4n) is 1.64. The van der Waals surface area contributed by atoms with Gasteiger partial charge in [0.1, 0.15) is 5.75 Å². The van der Waals surface area contributed by atoms with Gasteiger partial charge in [0.05, 0.1) is 12.2 Å². The molecule has 0 aliphatic rings. The Morgan fingerprint density at radius 2 is 1.84 bits per heavy atom. The van der Waals surface area contributed by atoms with Crippen LogP contribution in [0.15, 0.2) is 53.0 Å².